The number of nitrogens with two attached hydrogens (primary N) is 1. The second-order valence-electron chi connectivity index (χ2n) is 29.1. The number of hydrogen-bond acceptors (Lipinski definition) is 15. The number of halogens is 6. The molecule has 4 spiro atoms. The maximum absolute atomic E-state index is 16.2. The minimum Gasteiger partial charge on any atom is -0.481 e. The van der Waals surface area contributed by atoms with Gasteiger partial charge in [-0.05, 0) is 202 Å². The number of nitrogens with zero attached hydrogens (tertiary/aromatic N) is 6. The Morgan fingerprint density at radius 1 is 0.591 bits per heavy atom. The second kappa shape index (κ2) is 25.9. The minimum atomic E-state index is -1.25. The quantitative estimate of drug-likeness (QED) is 0.0695. The third kappa shape index (κ3) is 11.9. The van der Waals surface area contributed by atoms with Gasteiger partial charge in [0.25, 0.3) is 0 Å². The molecule has 0 radical (unpaired) electrons. The molecule has 14 rings (SSSR count). The second-order valence-corrected chi connectivity index (χ2v) is 30.7. The number of aliphatic carboxylic acids is 1. The monoisotopic (exact) mass is 1360 g/mol. The van der Waals surface area contributed by atoms with Crippen LogP contribution in [0.2, 0.25) is 20.4 Å². The molecule has 7 N–H and O–H groups in total. The summed E-state index contributed by atoms with van der Waals surface area (Å²) in [4.78, 5) is 63.8. The maximum atomic E-state index is 16.2. The van der Waals surface area contributed by atoms with Crippen molar-refractivity contribution in [3.05, 3.63) is 139 Å². The van der Waals surface area contributed by atoms with Crippen LogP contribution in [-0.2, 0) is 43.2 Å². The van der Waals surface area contributed by atoms with Crippen LogP contribution in [-0.4, -0.2) is 75.3 Å². The molecule has 0 saturated heterocycles. The lowest BCUT2D eigenvalue weighted by atomic mass is 9.51. The number of aliphatic hydroxyl groups excluding tert-OH is 2. The van der Waals surface area contributed by atoms with E-state index in [-0.39, 0.29) is 87.2 Å². The summed E-state index contributed by atoms with van der Waals surface area (Å²) < 4.78 is 42.5. The van der Waals surface area contributed by atoms with Crippen molar-refractivity contribution in [1.29, 1.82) is 0 Å². The van der Waals surface area contributed by atoms with E-state index in [9.17, 15) is 29.4 Å². The van der Waals surface area contributed by atoms with Crippen LogP contribution in [0.3, 0.4) is 0 Å². The molecule has 93 heavy (non-hydrogen) atoms. The van der Waals surface area contributed by atoms with Crippen LogP contribution >= 0.6 is 46.4 Å². The maximum Gasteiger partial charge on any atom is 0.307 e. The number of ketones is 1. The first kappa shape index (κ1) is 67.0. The number of pyridine rings is 2. The molecule has 6 aromatic rings. The van der Waals surface area contributed by atoms with Crippen LogP contribution in [0.15, 0.2) is 69.8 Å². The number of carbonyl (C=O) groups excluding carboxylic acids is 3. The lowest BCUT2D eigenvalue weighted by Crippen LogP contribution is -2.52. The number of carboxylic acids is 1. The van der Waals surface area contributed by atoms with Gasteiger partial charge in [-0.1, -0.05) is 86.2 Å². The number of benzene rings is 2. The van der Waals surface area contributed by atoms with Crippen LogP contribution < -0.4 is 16.4 Å². The molecule has 496 valence electrons. The van der Waals surface area contributed by atoms with Gasteiger partial charge in [0, 0.05) is 75.9 Å². The summed E-state index contributed by atoms with van der Waals surface area (Å²) in [5.74, 6) is -3.84. The molecule has 6 fully saturated rings. The lowest BCUT2D eigenvalue weighted by molar-refractivity contribution is -0.142. The SMILES string of the molecule is CC1(C)CCC2(CC1)C[C@@H](C(=O)CC1CCC(c3nnc(CO)o3)CC1)[C@H](c1ccnc(Cl)c1F)[C@]21C(=O)Nc2cc(Cl)ccc21.CC1(C)CCC2(CC1)C[C@@H](C(=O)O)[C@H](c1ccnc(Cl)c1F)C21C(=O)Nc2cc(Cl)ccc21.NC1CCC(c2nnc(CO)o2)CC1. The van der Waals surface area contributed by atoms with Crippen LogP contribution in [0.4, 0.5) is 20.2 Å². The van der Waals surface area contributed by atoms with E-state index < -0.39 is 62.9 Å². The van der Waals surface area contributed by atoms with Gasteiger partial charge in [-0.3, -0.25) is 19.2 Å². The molecule has 6 atom stereocenters. The molecule has 24 heteroatoms. The lowest BCUT2D eigenvalue weighted by Gasteiger charge is -2.51. The molecule has 1 unspecified atom stereocenters. The fourth-order valence-corrected chi connectivity index (χ4v) is 18.8. The van der Waals surface area contributed by atoms with Crippen LogP contribution in [0.25, 0.3) is 0 Å². The topological polar surface area (TPSA) is 283 Å². The molecule has 6 aliphatic carbocycles. The Labute approximate surface area is 558 Å². The van der Waals surface area contributed by atoms with Gasteiger partial charge in [0.05, 0.1) is 16.7 Å². The van der Waals surface area contributed by atoms with Gasteiger partial charge in [0.2, 0.25) is 35.4 Å². The van der Waals surface area contributed by atoms with Gasteiger partial charge in [0.15, 0.2) is 21.9 Å². The smallest absolute Gasteiger partial charge is 0.307 e. The van der Waals surface area contributed by atoms with E-state index in [2.05, 4.69) is 68.7 Å². The van der Waals surface area contributed by atoms with Crippen LogP contribution in [0.5, 0.6) is 0 Å². The van der Waals surface area contributed by atoms with E-state index >= 15 is 8.78 Å². The summed E-state index contributed by atoms with van der Waals surface area (Å²) in [6, 6.07) is 14.1. The molecule has 8 aliphatic rings. The number of nitrogens with one attached hydrogen (secondary N) is 2. The molecular weight excluding hydrogens is 1280 g/mol. The predicted octanol–water partition coefficient (Wildman–Crippen LogP) is 14.7. The Kier molecular flexibility index (Phi) is 18.6. The van der Waals surface area contributed by atoms with Crippen molar-refractivity contribution < 1.29 is 52.1 Å². The van der Waals surface area contributed by atoms with Gasteiger partial charge in [-0.15, -0.1) is 20.4 Å². The third-order valence-corrected chi connectivity index (χ3v) is 24.0. The number of amides is 2. The zero-order chi connectivity index (χ0) is 66.2. The van der Waals surface area contributed by atoms with E-state index in [1.165, 1.54) is 18.5 Å². The van der Waals surface area contributed by atoms with Gasteiger partial charge in [0.1, 0.15) is 19.0 Å². The van der Waals surface area contributed by atoms with Crippen LogP contribution in [0, 0.1) is 51.0 Å². The summed E-state index contributed by atoms with van der Waals surface area (Å²) >= 11 is 25.0. The predicted molar refractivity (Wildman–Crippen MR) is 345 cm³/mol. The zero-order valence-corrected chi connectivity index (χ0v) is 55.6. The van der Waals surface area contributed by atoms with E-state index in [0.717, 1.165) is 95.5 Å². The van der Waals surface area contributed by atoms with E-state index in [1.807, 2.05) is 6.07 Å². The van der Waals surface area contributed by atoms with Gasteiger partial charge >= 0.3 is 5.97 Å². The fourth-order valence-electron chi connectivity index (χ4n) is 18.1. The molecule has 2 aliphatic heterocycles. The van der Waals surface area contributed by atoms with Crippen molar-refractivity contribution in [2.45, 2.75) is 203 Å². The number of aliphatic hydroxyl groups is 2. The van der Waals surface area contributed by atoms with Gasteiger partial charge in [-0.2, -0.15) is 0 Å². The highest BCUT2D eigenvalue weighted by Gasteiger charge is 2.74. The fraction of sp³-hybridized carbons (Fsp3) is 0.565. The average molecular weight is 1360 g/mol. The third-order valence-electron chi connectivity index (χ3n) is 23.0. The van der Waals surface area contributed by atoms with Crippen molar-refractivity contribution in [2.75, 3.05) is 10.6 Å². The Morgan fingerprint density at radius 3 is 1.41 bits per heavy atom. The van der Waals surface area contributed by atoms with Gasteiger partial charge in [-0.25, -0.2) is 18.7 Å². The summed E-state index contributed by atoms with van der Waals surface area (Å²) in [5, 5.41) is 50.5. The molecule has 4 aromatic heterocycles. The number of fused-ring (bicyclic) bond motifs is 6. The summed E-state index contributed by atoms with van der Waals surface area (Å²) in [7, 11) is 0. The van der Waals surface area contributed by atoms with E-state index in [0.29, 0.717) is 82.3 Å². The molecule has 2 amide bonds. The Morgan fingerprint density at radius 2 is 1.00 bits per heavy atom. The number of anilines is 2. The first-order valence-corrected chi connectivity index (χ1v) is 34.0. The molecule has 18 nitrogen and oxygen atoms in total. The number of carboxylic acid groups (broad SMARTS) is 1. The highest BCUT2D eigenvalue weighted by molar-refractivity contribution is 6.32. The van der Waals surface area contributed by atoms with E-state index in [4.69, 9.17) is 66.1 Å². The van der Waals surface area contributed by atoms with Crippen LogP contribution in [0.1, 0.15) is 219 Å². The van der Waals surface area contributed by atoms with E-state index in [1.54, 1.807) is 36.4 Å². The zero-order valence-electron chi connectivity index (χ0n) is 52.6. The number of rotatable bonds is 10. The van der Waals surface area contributed by atoms with Gasteiger partial charge < -0.3 is 40.5 Å². The molecule has 2 aromatic carbocycles. The number of carbonyl (C=O) groups is 4. The standard InChI is InChI=1S/C35H39Cl2FN4O4.C25H25Cl2FN2O3.C9H15N3O2/c1-33(2)10-12-34(13-11-33)17-23(26(44)15-19-3-5-20(6-4-19)31-42-41-27(18-43)46-31)28(22-9-14-39-30(37)29(22)38)35(34)24-8-7-21(36)16-25(24)40-32(35)45;1-23(2)6-8-24(9-7-23)12-15(21(31)32)18(14-5-10-29-20(27)19(14)28)25(24)16-4-3-13(26)11-17(16)30-22(25)33;10-7-3-1-6(2-4-7)9-12-11-8(5-13)14-9/h7-9,14,16,19-20,23,28,43H,3-6,10-13,15,17-18H2,1-2H3,(H,40,45);3-5,10-11,15,18H,6-9,12H2,1-2H3,(H,30,33)(H,31,32);6-7,13H,1-5,10H2/t19?,20?,23-,28-,35+;15-,18+,25?;/m01./s1. The van der Waals surface area contributed by atoms with Crippen molar-refractivity contribution in [2.24, 2.45) is 45.1 Å². The normalized spacial score (nSPS) is 29.3. The molecule has 0 bridgehead atoms. The van der Waals surface area contributed by atoms with Crippen molar-refractivity contribution in [1.82, 2.24) is 30.4 Å². The Hall–Kier alpha value is -6.00. The number of aromatic nitrogens is 6. The van der Waals surface area contributed by atoms with Crippen molar-refractivity contribution in [3.63, 3.8) is 0 Å². The summed E-state index contributed by atoms with van der Waals surface area (Å²) in [6.07, 6.45) is 17.6. The Bertz CT molecular complexity index is 3830. The highest BCUT2D eigenvalue weighted by Crippen LogP contribution is 2.74. The number of Topliss-reactive ketones (excluding diaryl/α,β-unsaturated/α-hetero) is 1. The molecular formula is C69H79Cl4F2N9O9. The highest BCUT2D eigenvalue weighted by atomic mass is 35.5. The van der Waals surface area contributed by atoms with Crippen molar-refractivity contribution in [3.8, 4) is 0 Å². The Balaban J connectivity index is 0.000000153. The first-order chi connectivity index (χ1) is 44.3. The summed E-state index contributed by atoms with van der Waals surface area (Å²) in [5.41, 5.74) is 5.45. The average Bonchev–Trinajstić information content (AvgIpc) is 1.52. The molecule has 6 heterocycles. The first-order valence-electron chi connectivity index (χ1n) is 32.5. The largest absolute Gasteiger partial charge is 0.481 e. The number of hydrogen-bond donors (Lipinski definition) is 6. The summed E-state index contributed by atoms with van der Waals surface area (Å²) in [6.45, 7) is 8.41. The molecule has 6 saturated carbocycles. The van der Waals surface area contributed by atoms with Crippen molar-refractivity contribution >= 4 is 81.3 Å². The minimum absolute atomic E-state index is 0.0671.